The van der Waals surface area contributed by atoms with Crippen molar-refractivity contribution in [3.8, 4) is 5.75 Å². The molecule has 0 saturated carbocycles. The molecule has 2 aromatic rings. The monoisotopic (exact) mass is 412 g/mol. The van der Waals surface area contributed by atoms with Gasteiger partial charge in [0.2, 0.25) is 5.91 Å². The van der Waals surface area contributed by atoms with Gasteiger partial charge in [0.15, 0.2) is 0 Å². The van der Waals surface area contributed by atoms with E-state index in [9.17, 15) is 9.59 Å². The van der Waals surface area contributed by atoms with Crippen molar-refractivity contribution >= 4 is 17.6 Å². The second-order valence-corrected chi connectivity index (χ2v) is 6.88. The smallest absolute Gasteiger partial charge is 0.338 e. The summed E-state index contributed by atoms with van der Waals surface area (Å²) in [6.07, 6.45) is 1.22. The van der Waals surface area contributed by atoms with Gasteiger partial charge in [0.25, 0.3) is 0 Å². The van der Waals surface area contributed by atoms with Crippen LogP contribution in [0.2, 0.25) is 0 Å². The molecular weight excluding hydrogens is 380 g/mol. The molecule has 0 saturated heterocycles. The molecule has 0 radical (unpaired) electrons. The maximum atomic E-state index is 12.1. The molecule has 6 nitrogen and oxygen atoms in total. The molecule has 2 rings (SSSR count). The van der Waals surface area contributed by atoms with Gasteiger partial charge in [-0.25, -0.2) is 4.79 Å². The lowest BCUT2D eigenvalue weighted by molar-refractivity contribution is -0.116. The highest BCUT2D eigenvalue weighted by Gasteiger charge is 2.09. The largest absolute Gasteiger partial charge is 0.493 e. The lowest BCUT2D eigenvalue weighted by atomic mass is 10.2. The Hall–Kier alpha value is -2.86. The van der Waals surface area contributed by atoms with Gasteiger partial charge in [-0.15, -0.1) is 0 Å². The van der Waals surface area contributed by atoms with E-state index in [2.05, 4.69) is 31.0 Å². The van der Waals surface area contributed by atoms with Crippen molar-refractivity contribution in [1.82, 2.24) is 4.90 Å². The minimum absolute atomic E-state index is 0.144. The Morgan fingerprint density at radius 3 is 2.17 bits per heavy atom. The fraction of sp³-hybridized carbons (Fsp3) is 0.417. The van der Waals surface area contributed by atoms with E-state index < -0.39 is 0 Å². The number of amides is 1. The van der Waals surface area contributed by atoms with E-state index in [-0.39, 0.29) is 18.3 Å². The number of anilines is 1. The minimum Gasteiger partial charge on any atom is -0.493 e. The van der Waals surface area contributed by atoms with Gasteiger partial charge in [-0.2, -0.15) is 0 Å². The molecule has 162 valence electrons. The van der Waals surface area contributed by atoms with Crippen LogP contribution in [0, 0.1) is 0 Å². The highest BCUT2D eigenvalue weighted by molar-refractivity contribution is 5.93. The number of likely N-dealkylation sites (N-methyl/N-ethyl adjacent to an activating group) is 1. The van der Waals surface area contributed by atoms with E-state index in [1.54, 1.807) is 24.3 Å². The first kappa shape index (κ1) is 23.4. The second kappa shape index (κ2) is 12.6. The molecule has 0 aliphatic rings. The highest BCUT2D eigenvalue weighted by atomic mass is 16.5. The van der Waals surface area contributed by atoms with Crippen LogP contribution in [0.3, 0.4) is 0 Å². The molecule has 6 heteroatoms. The second-order valence-electron chi connectivity index (χ2n) is 6.88. The molecule has 0 heterocycles. The number of rotatable bonds is 12. The minimum atomic E-state index is -0.359. The summed E-state index contributed by atoms with van der Waals surface area (Å²) >= 11 is 0. The molecule has 1 N–H and O–H groups in total. The zero-order valence-electron chi connectivity index (χ0n) is 18.1. The molecular formula is C24H32N2O4. The maximum absolute atomic E-state index is 12.1. The van der Waals surface area contributed by atoms with Crippen molar-refractivity contribution in [2.75, 3.05) is 38.2 Å². The molecule has 0 spiro atoms. The summed E-state index contributed by atoms with van der Waals surface area (Å²) in [7, 11) is 0. The third-order valence-corrected chi connectivity index (χ3v) is 4.87. The fourth-order valence-electron chi connectivity index (χ4n) is 2.89. The zero-order chi connectivity index (χ0) is 21.8. The first-order valence-electron chi connectivity index (χ1n) is 10.6. The topological polar surface area (TPSA) is 67.9 Å². The van der Waals surface area contributed by atoms with E-state index in [0.717, 1.165) is 31.8 Å². The van der Waals surface area contributed by atoms with Gasteiger partial charge in [0.1, 0.15) is 12.4 Å². The summed E-state index contributed by atoms with van der Waals surface area (Å²) in [5.74, 6) is 0.251. The maximum Gasteiger partial charge on any atom is 0.338 e. The molecule has 0 aromatic heterocycles. The third-order valence-electron chi connectivity index (χ3n) is 4.87. The van der Waals surface area contributed by atoms with Crippen LogP contribution in [0.15, 0.2) is 48.5 Å². The Morgan fingerprint density at radius 2 is 1.57 bits per heavy atom. The number of esters is 1. The number of nitrogens with one attached hydrogen (secondary N) is 1. The molecule has 0 atom stereocenters. The van der Waals surface area contributed by atoms with Gasteiger partial charge in [-0.3, -0.25) is 4.79 Å². The molecule has 2 aromatic carbocycles. The average Bonchev–Trinajstić information content (AvgIpc) is 2.77. The third kappa shape index (κ3) is 7.87. The first-order valence-corrected chi connectivity index (χ1v) is 10.6. The number of hydrogen-bond donors (Lipinski definition) is 1. The van der Waals surface area contributed by atoms with E-state index in [0.29, 0.717) is 24.5 Å². The van der Waals surface area contributed by atoms with Crippen LogP contribution in [0.5, 0.6) is 5.75 Å². The number of nitrogens with zero attached hydrogens (tertiary/aromatic N) is 1. The predicted octanol–water partition coefficient (Wildman–Crippen LogP) is 4.16. The number of aryl methyl sites for hydroxylation is 1. The summed E-state index contributed by atoms with van der Waals surface area (Å²) in [5, 5.41) is 2.81. The highest BCUT2D eigenvalue weighted by Crippen LogP contribution is 2.14. The molecule has 0 aliphatic heterocycles. The van der Waals surface area contributed by atoms with Gasteiger partial charge < -0.3 is 19.7 Å². The number of hydrogen-bond acceptors (Lipinski definition) is 5. The summed E-state index contributed by atoms with van der Waals surface area (Å²) in [6.45, 7) is 9.49. The summed E-state index contributed by atoms with van der Waals surface area (Å²) < 4.78 is 10.9. The SMILES string of the molecule is CCc1ccc(OCCC(=O)Nc2ccc(C(=O)OCCN(CC)CC)cc2)cc1. The number of carbonyl (C=O) groups excluding carboxylic acids is 2. The molecule has 0 fully saturated rings. The number of carbonyl (C=O) groups is 2. The van der Waals surface area contributed by atoms with E-state index in [4.69, 9.17) is 9.47 Å². The Labute approximate surface area is 179 Å². The van der Waals surface area contributed by atoms with Crippen molar-refractivity contribution in [2.45, 2.75) is 33.6 Å². The average molecular weight is 413 g/mol. The van der Waals surface area contributed by atoms with Crippen molar-refractivity contribution in [1.29, 1.82) is 0 Å². The summed E-state index contributed by atoms with van der Waals surface area (Å²) in [5.41, 5.74) is 2.34. The Kier molecular flexibility index (Phi) is 9.87. The lowest BCUT2D eigenvalue weighted by Crippen LogP contribution is -2.27. The van der Waals surface area contributed by atoms with Crippen LogP contribution < -0.4 is 10.1 Å². The van der Waals surface area contributed by atoms with E-state index in [1.165, 1.54) is 5.56 Å². The summed E-state index contributed by atoms with van der Waals surface area (Å²) in [6, 6.07) is 14.6. The quantitative estimate of drug-likeness (QED) is 0.530. The molecule has 1 amide bonds. The van der Waals surface area contributed by atoms with Crippen LogP contribution in [0.1, 0.15) is 43.1 Å². The van der Waals surface area contributed by atoms with Crippen molar-refractivity contribution in [2.24, 2.45) is 0 Å². The van der Waals surface area contributed by atoms with E-state index >= 15 is 0 Å². The van der Waals surface area contributed by atoms with Crippen molar-refractivity contribution < 1.29 is 19.1 Å². The molecule has 0 bridgehead atoms. The molecule has 0 aliphatic carbocycles. The van der Waals surface area contributed by atoms with Gasteiger partial charge in [0.05, 0.1) is 18.6 Å². The van der Waals surface area contributed by atoms with Gasteiger partial charge in [0, 0.05) is 12.2 Å². The van der Waals surface area contributed by atoms with Crippen LogP contribution in [0.4, 0.5) is 5.69 Å². The fourth-order valence-corrected chi connectivity index (χ4v) is 2.89. The number of ether oxygens (including phenoxy) is 2. The van der Waals surface area contributed by atoms with Gasteiger partial charge in [-0.05, 0) is 61.5 Å². The normalized spacial score (nSPS) is 10.7. The standard InChI is InChI=1S/C24H32N2O4/c1-4-19-7-13-22(14-8-19)29-17-15-23(27)25-21-11-9-20(10-12-21)24(28)30-18-16-26(5-2)6-3/h7-14H,4-6,15-18H2,1-3H3,(H,25,27). The van der Waals surface area contributed by atoms with Crippen LogP contribution in [0.25, 0.3) is 0 Å². The van der Waals surface area contributed by atoms with Crippen molar-refractivity contribution in [3.05, 3.63) is 59.7 Å². The first-order chi connectivity index (χ1) is 14.5. The molecule has 30 heavy (non-hydrogen) atoms. The van der Waals surface area contributed by atoms with Crippen LogP contribution in [-0.4, -0.2) is 49.6 Å². The van der Waals surface area contributed by atoms with Gasteiger partial charge >= 0.3 is 5.97 Å². The Morgan fingerprint density at radius 1 is 0.900 bits per heavy atom. The van der Waals surface area contributed by atoms with Crippen molar-refractivity contribution in [3.63, 3.8) is 0 Å². The lowest BCUT2D eigenvalue weighted by Gasteiger charge is -2.17. The summed E-state index contributed by atoms with van der Waals surface area (Å²) in [4.78, 5) is 26.4. The van der Waals surface area contributed by atoms with E-state index in [1.807, 2.05) is 24.3 Å². The number of benzene rings is 2. The van der Waals surface area contributed by atoms with Gasteiger partial charge in [-0.1, -0.05) is 32.9 Å². The molecule has 0 unspecified atom stereocenters. The van der Waals surface area contributed by atoms with Crippen LogP contribution in [-0.2, 0) is 16.0 Å². The van der Waals surface area contributed by atoms with Crippen LogP contribution >= 0.6 is 0 Å². The Balaban J connectivity index is 1.72. The Bertz CT molecular complexity index is 784. The zero-order valence-corrected chi connectivity index (χ0v) is 18.1. The predicted molar refractivity (Wildman–Crippen MR) is 119 cm³/mol.